The third-order valence-electron chi connectivity index (χ3n) is 31.9. The molecule has 10 fully saturated rings. The molecular formula is C79H104N2O9. The zero-order valence-corrected chi connectivity index (χ0v) is 54.6. The number of nitrogens with two attached hydrogens (primary N) is 1. The van der Waals surface area contributed by atoms with Crippen molar-refractivity contribution in [1.29, 1.82) is 0 Å². The van der Waals surface area contributed by atoms with Gasteiger partial charge < -0.3 is 50.9 Å². The van der Waals surface area contributed by atoms with E-state index in [4.69, 9.17) is 15.2 Å². The van der Waals surface area contributed by atoms with E-state index < -0.39 is 79.4 Å². The average Bonchev–Trinajstić information content (AvgIpc) is 1.34. The Hall–Kier alpha value is -3.86. The molecule has 8 saturated carbocycles. The van der Waals surface area contributed by atoms with Gasteiger partial charge in [-0.05, 0) is 233 Å². The van der Waals surface area contributed by atoms with E-state index in [1.807, 2.05) is 19.9 Å². The van der Waals surface area contributed by atoms with Crippen LogP contribution in [0.25, 0.3) is 0 Å². The number of hydrogen-bond donors (Lipinski definition) is 7. The molecule has 0 aromatic heterocycles. The fourth-order valence-electron chi connectivity index (χ4n) is 28.1. The molecule has 3 aliphatic heterocycles. The second-order valence-corrected chi connectivity index (χ2v) is 35.2. The zero-order valence-electron chi connectivity index (χ0n) is 54.6. The number of fused-ring (bicyclic) bond motifs is 3. The predicted octanol–water partition coefficient (Wildman–Crippen LogP) is 11.4. The molecule has 1 aromatic rings. The summed E-state index contributed by atoms with van der Waals surface area (Å²) in [5, 5.41) is 69.9. The number of carbonyl (C=O) groups is 2. The van der Waals surface area contributed by atoms with Gasteiger partial charge in [0.25, 0.3) is 0 Å². The molecule has 17 aliphatic rings. The molecule has 11 nitrogen and oxygen atoms in total. The van der Waals surface area contributed by atoms with Crippen molar-refractivity contribution in [1.82, 2.24) is 5.32 Å². The van der Waals surface area contributed by atoms with E-state index in [2.05, 4.69) is 79.6 Å². The number of carbonyl (C=O) groups excluding carboxylic acids is 2. The number of aryl methyl sites for hydroxylation is 1. The van der Waals surface area contributed by atoms with Crippen LogP contribution in [0.1, 0.15) is 199 Å². The highest BCUT2D eigenvalue weighted by Crippen LogP contribution is 2.90. The molecule has 3 heterocycles. The molecule has 5 spiro atoms. The molecule has 14 aliphatic carbocycles. The van der Waals surface area contributed by atoms with Gasteiger partial charge in [0.1, 0.15) is 24.1 Å². The maximum Gasteiger partial charge on any atom is 0.163 e. The van der Waals surface area contributed by atoms with Gasteiger partial charge in [-0.1, -0.05) is 112 Å². The minimum Gasteiger partial charge on any atom is -0.396 e. The molecule has 11 heteroatoms. The minimum absolute atomic E-state index is 0.000458. The second-order valence-electron chi connectivity index (χ2n) is 35.2. The van der Waals surface area contributed by atoms with Gasteiger partial charge >= 0.3 is 0 Å². The van der Waals surface area contributed by atoms with Crippen LogP contribution in [0.15, 0.2) is 82.8 Å². The van der Waals surface area contributed by atoms with E-state index in [1.165, 1.54) is 55.1 Å². The molecule has 0 radical (unpaired) electrons. The van der Waals surface area contributed by atoms with Gasteiger partial charge in [0.15, 0.2) is 5.78 Å². The lowest BCUT2D eigenvalue weighted by Crippen LogP contribution is -2.75. The van der Waals surface area contributed by atoms with Crippen LogP contribution in [-0.2, 0) is 31.9 Å². The Bertz CT molecular complexity index is 3430. The molecule has 18 rings (SSSR count). The van der Waals surface area contributed by atoms with Crippen LogP contribution in [0.5, 0.6) is 0 Å². The SMILES string of the molecule is CC1CCOC(C2OC2C(C)(O)C(C)(CO)CCC2=CCNC(N)=C2)(C2CC3CCC4=C5C6C(CCc7ccccc7CC#CC7C8(CCC9(CCCC9)C8)CC89C=CC%10C(O)CC78C6(CC(C6(CO)CC(C=O)CC67CCCC7)=C9)C%10C4=O)CC2(C)C53O)C1. The summed E-state index contributed by atoms with van der Waals surface area (Å²) in [5.41, 5.74) is 4.66. The molecule has 22 atom stereocenters. The summed E-state index contributed by atoms with van der Waals surface area (Å²) in [6, 6.07) is 9.02. The maximum absolute atomic E-state index is 17.6. The largest absolute Gasteiger partial charge is 0.396 e. The van der Waals surface area contributed by atoms with E-state index >= 15 is 9.90 Å². The highest BCUT2D eigenvalue weighted by molar-refractivity contribution is 6.01. The number of epoxide rings is 1. The van der Waals surface area contributed by atoms with E-state index in [0.717, 1.165) is 93.8 Å². The Balaban J connectivity index is 0.881. The van der Waals surface area contributed by atoms with Gasteiger partial charge in [-0.3, -0.25) is 4.79 Å². The van der Waals surface area contributed by atoms with Crippen molar-refractivity contribution < 1.29 is 44.6 Å². The van der Waals surface area contributed by atoms with Gasteiger partial charge in [0.05, 0.1) is 36.3 Å². The number of nitrogens with one attached hydrogen (secondary N) is 1. The Morgan fingerprint density at radius 3 is 2.47 bits per heavy atom. The molecule has 484 valence electrons. The quantitative estimate of drug-likeness (QED) is 0.0482. The number of aliphatic hydroxyl groups excluding tert-OH is 3. The van der Waals surface area contributed by atoms with Crippen LogP contribution >= 0.6 is 0 Å². The first-order chi connectivity index (χ1) is 43.2. The van der Waals surface area contributed by atoms with Crippen molar-refractivity contribution in [2.75, 3.05) is 26.4 Å². The topological polar surface area (TPSA) is 195 Å². The molecule has 1 aromatic carbocycles. The predicted molar refractivity (Wildman–Crippen MR) is 344 cm³/mol. The summed E-state index contributed by atoms with van der Waals surface area (Å²) >= 11 is 0. The fourth-order valence-corrected chi connectivity index (χ4v) is 28.1. The van der Waals surface area contributed by atoms with Crippen LogP contribution < -0.4 is 11.1 Å². The Labute approximate surface area is 535 Å². The standard InChI is InChI=1S/C79H104N2O9/c1-48-23-33-89-77(36-48,67-66(90-67)70(4,87)68(2,46-83)28-20-49-22-32-81-61(80)34-49)60-35-54-18-19-57-63-62-53(39-69(60,3)79(54,63)88)17-16-52-13-6-5-12-51(52)14-11-15-59-72(31-30-71(44-72)24-7-8-25-71)45-74-29-21-56-58(85)42-78(59,74)76(62,64(56)65(57)86)41-55(40-74)75(47-84)38-50(43-82)37-73(75)26-9-10-27-73/h5-6,12-13,21-22,29,34,40,43,48,50,53-54,56,58-60,62,64,66-67,81,83-85,87-88H,7-10,14,16-20,23-28,30-33,35-39,41-42,44-47,80H2,1-4H3. The van der Waals surface area contributed by atoms with Crippen molar-refractivity contribution in [3.05, 3.63) is 93.9 Å². The monoisotopic (exact) mass is 1220 g/mol. The number of dihydropyridines is 1. The molecule has 4 bridgehead atoms. The number of ketones is 1. The van der Waals surface area contributed by atoms with E-state index in [1.54, 1.807) is 0 Å². The number of rotatable bonds is 11. The van der Waals surface area contributed by atoms with E-state index in [-0.39, 0.29) is 76.7 Å². The van der Waals surface area contributed by atoms with Gasteiger partial charge in [-0.2, -0.15) is 0 Å². The number of Topliss-reactive ketones (excluding diaryl/α,β-unsaturated/α-hetero) is 1. The van der Waals surface area contributed by atoms with Gasteiger partial charge in [-0.25, -0.2) is 0 Å². The first kappa shape index (κ1) is 59.9. The number of allylic oxidation sites excluding steroid dienone is 5. The highest BCUT2D eigenvalue weighted by atomic mass is 16.6. The van der Waals surface area contributed by atoms with Gasteiger partial charge in [0, 0.05) is 70.3 Å². The number of aldehydes is 1. The zero-order chi connectivity index (χ0) is 62.1. The number of hydrogen-bond acceptors (Lipinski definition) is 11. The van der Waals surface area contributed by atoms with Crippen molar-refractivity contribution in [2.24, 2.45) is 108 Å². The van der Waals surface area contributed by atoms with Gasteiger partial charge in [0.2, 0.25) is 0 Å². The van der Waals surface area contributed by atoms with Crippen molar-refractivity contribution in [3.63, 3.8) is 0 Å². The number of ether oxygens (including phenoxy) is 2. The summed E-state index contributed by atoms with van der Waals surface area (Å²) in [7, 11) is 0. The summed E-state index contributed by atoms with van der Waals surface area (Å²) in [5.74, 6) is 7.60. The maximum atomic E-state index is 17.6. The highest BCUT2D eigenvalue weighted by Gasteiger charge is 2.88. The third-order valence-corrected chi connectivity index (χ3v) is 31.9. The van der Waals surface area contributed by atoms with Crippen molar-refractivity contribution in [2.45, 2.75) is 236 Å². The Morgan fingerprint density at radius 1 is 0.922 bits per heavy atom. The van der Waals surface area contributed by atoms with Crippen molar-refractivity contribution >= 4 is 12.1 Å². The summed E-state index contributed by atoms with van der Waals surface area (Å²) in [6.07, 6.45) is 34.8. The van der Waals surface area contributed by atoms with E-state index in [9.17, 15) is 25.2 Å². The van der Waals surface area contributed by atoms with Crippen molar-refractivity contribution in [3.8, 4) is 11.8 Å². The van der Waals surface area contributed by atoms with Crippen LogP contribution in [0.2, 0.25) is 0 Å². The lowest BCUT2D eigenvalue weighted by molar-refractivity contribution is -0.244. The molecule has 90 heavy (non-hydrogen) atoms. The average molecular weight is 1230 g/mol. The first-order valence-electron chi connectivity index (χ1n) is 36.4. The molecule has 0 amide bonds. The fraction of sp³-hybridized carbons (Fsp3) is 0.747. The normalized spacial score (nSPS) is 48.9. The Kier molecular flexibility index (Phi) is 13.2. The number of benzene rings is 1. The van der Waals surface area contributed by atoms with Crippen LogP contribution in [-0.4, -0.2) is 99.1 Å². The smallest absolute Gasteiger partial charge is 0.163 e. The van der Waals surface area contributed by atoms with E-state index in [0.29, 0.717) is 83.2 Å². The second kappa shape index (κ2) is 19.9. The summed E-state index contributed by atoms with van der Waals surface area (Å²) < 4.78 is 14.7. The van der Waals surface area contributed by atoms with Gasteiger partial charge in [-0.15, -0.1) is 0 Å². The summed E-state index contributed by atoms with van der Waals surface area (Å²) in [4.78, 5) is 31.1. The molecular weight excluding hydrogens is 1120 g/mol. The van der Waals surface area contributed by atoms with Crippen LogP contribution in [0.3, 0.4) is 0 Å². The summed E-state index contributed by atoms with van der Waals surface area (Å²) in [6.45, 7) is 9.53. The minimum atomic E-state index is -1.45. The van der Waals surface area contributed by atoms with Crippen LogP contribution in [0, 0.1) is 114 Å². The number of aliphatic hydroxyl groups is 5. The molecule has 2 saturated heterocycles. The third kappa shape index (κ3) is 7.36. The molecule has 8 N–H and O–H groups in total. The Morgan fingerprint density at radius 2 is 1.71 bits per heavy atom. The first-order valence-corrected chi connectivity index (χ1v) is 36.4. The van der Waals surface area contributed by atoms with Crippen LogP contribution in [0.4, 0.5) is 0 Å². The lowest BCUT2D eigenvalue weighted by Gasteiger charge is -2.75. The lowest BCUT2D eigenvalue weighted by atomic mass is 9.28. The molecule has 22 unspecified atom stereocenters.